The van der Waals surface area contributed by atoms with Gasteiger partial charge in [0.1, 0.15) is 0 Å². The number of esters is 2. The molecular weight excluding hydrogens is 258 g/mol. The van der Waals surface area contributed by atoms with E-state index < -0.39 is 11.9 Å². The third-order valence-electron chi connectivity index (χ3n) is 2.64. The van der Waals surface area contributed by atoms with Crippen molar-refractivity contribution in [2.45, 2.75) is 6.92 Å². The van der Waals surface area contributed by atoms with Gasteiger partial charge in [0.05, 0.1) is 5.69 Å². The molecule has 1 aliphatic rings. The van der Waals surface area contributed by atoms with Crippen molar-refractivity contribution in [2.75, 3.05) is 0 Å². The van der Waals surface area contributed by atoms with Crippen molar-refractivity contribution < 1.29 is 14.3 Å². The number of aryl methyl sites for hydroxylation is 1. The molecule has 1 aliphatic heterocycles. The van der Waals surface area contributed by atoms with E-state index in [1.807, 2.05) is 6.92 Å². The maximum atomic E-state index is 11.6. The number of hydrogen-bond donors (Lipinski definition) is 0. The molecule has 7 heteroatoms. The number of carbonyl (C=O) groups is 2. The van der Waals surface area contributed by atoms with Crippen LogP contribution >= 0.6 is 11.6 Å². The molecule has 1 aromatic heterocycles. The van der Waals surface area contributed by atoms with Crippen LogP contribution in [0.15, 0.2) is 18.2 Å². The lowest BCUT2D eigenvalue weighted by atomic mass is 10.2. The fourth-order valence-electron chi connectivity index (χ4n) is 1.76. The van der Waals surface area contributed by atoms with E-state index in [0.717, 1.165) is 5.56 Å². The van der Waals surface area contributed by atoms with Crippen molar-refractivity contribution in [1.29, 1.82) is 0 Å². The molecule has 0 radical (unpaired) electrons. The Balaban J connectivity index is 2.26. The number of carbonyl (C=O) groups excluding carboxylic acids is 2. The average molecular weight is 264 g/mol. The summed E-state index contributed by atoms with van der Waals surface area (Å²) in [7, 11) is 0. The second-order valence-corrected chi connectivity index (χ2v) is 4.24. The maximum Gasteiger partial charge on any atom is 0.369 e. The van der Waals surface area contributed by atoms with Gasteiger partial charge in [0.15, 0.2) is 5.69 Å². The van der Waals surface area contributed by atoms with Gasteiger partial charge in [-0.15, -0.1) is 5.10 Å². The first-order valence-corrected chi connectivity index (χ1v) is 5.44. The summed E-state index contributed by atoms with van der Waals surface area (Å²) in [6.07, 6.45) is 0. The first-order valence-electron chi connectivity index (χ1n) is 5.06. The summed E-state index contributed by atoms with van der Waals surface area (Å²) >= 11 is 5.91. The molecule has 90 valence electrons. The van der Waals surface area contributed by atoms with E-state index in [9.17, 15) is 9.59 Å². The Bertz CT molecular complexity index is 693. The molecule has 0 amide bonds. The van der Waals surface area contributed by atoms with Gasteiger partial charge in [-0.2, -0.15) is 0 Å². The quantitative estimate of drug-likeness (QED) is 0.576. The van der Waals surface area contributed by atoms with E-state index in [0.29, 0.717) is 10.7 Å². The highest BCUT2D eigenvalue weighted by Gasteiger charge is 2.37. The zero-order valence-corrected chi connectivity index (χ0v) is 9.93. The van der Waals surface area contributed by atoms with Crippen LogP contribution in [0.1, 0.15) is 26.5 Å². The second-order valence-electron chi connectivity index (χ2n) is 3.81. The normalized spacial score (nSPS) is 13.7. The fraction of sp³-hybridized carbons (Fsp3) is 0.0909. The van der Waals surface area contributed by atoms with E-state index in [1.165, 1.54) is 4.68 Å². The molecule has 6 nitrogen and oxygen atoms in total. The van der Waals surface area contributed by atoms with Crippen LogP contribution in [0.3, 0.4) is 0 Å². The van der Waals surface area contributed by atoms with Crippen LogP contribution in [-0.2, 0) is 4.74 Å². The molecule has 2 aromatic rings. The van der Waals surface area contributed by atoms with Gasteiger partial charge in [-0.05, 0) is 24.6 Å². The molecule has 2 heterocycles. The van der Waals surface area contributed by atoms with Crippen LogP contribution in [0.5, 0.6) is 0 Å². The molecule has 0 fully saturated rings. The van der Waals surface area contributed by atoms with E-state index in [4.69, 9.17) is 11.6 Å². The third kappa shape index (κ3) is 1.42. The summed E-state index contributed by atoms with van der Waals surface area (Å²) in [5.41, 5.74) is 1.40. The Hall–Kier alpha value is -2.21. The monoisotopic (exact) mass is 263 g/mol. The first kappa shape index (κ1) is 10.9. The van der Waals surface area contributed by atoms with Crippen LogP contribution in [0, 0.1) is 6.92 Å². The SMILES string of the molecule is Cc1ccc(Cl)cc1-n1nnc2c1C(=O)OC2=O. The summed E-state index contributed by atoms with van der Waals surface area (Å²) in [6.45, 7) is 1.84. The highest BCUT2D eigenvalue weighted by atomic mass is 35.5. The topological polar surface area (TPSA) is 74.1 Å². The second kappa shape index (κ2) is 3.64. The van der Waals surface area contributed by atoms with Crippen LogP contribution in [0.2, 0.25) is 5.02 Å². The van der Waals surface area contributed by atoms with Crippen molar-refractivity contribution in [3.8, 4) is 5.69 Å². The van der Waals surface area contributed by atoms with E-state index >= 15 is 0 Å². The molecule has 0 atom stereocenters. The third-order valence-corrected chi connectivity index (χ3v) is 2.88. The van der Waals surface area contributed by atoms with Gasteiger partial charge in [-0.25, -0.2) is 14.3 Å². The molecule has 0 saturated heterocycles. The Morgan fingerprint density at radius 1 is 1.28 bits per heavy atom. The number of rotatable bonds is 1. The van der Waals surface area contributed by atoms with Crippen LogP contribution in [-0.4, -0.2) is 26.9 Å². The van der Waals surface area contributed by atoms with Crippen molar-refractivity contribution in [3.05, 3.63) is 40.2 Å². The van der Waals surface area contributed by atoms with Crippen molar-refractivity contribution in [1.82, 2.24) is 15.0 Å². The number of halogens is 1. The van der Waals surface area contributed by atoms with E-state index in [-0.39, 0.29) is 11.4 Å². The predicted molar refractivity (Wildman–Crippen MR) is 60.9 cm³/mol. The predicted octanol–water partition coefficient (Wildman–Crippen LogP) is 1.54. The lowest BCUT2D eigenvalue weighted by molar-refractivity contribution is 0.0434. The van der Waals surface area contributed by atoms with Gasteiger partial charge in [0.2, 0.25) is 5.69 Å². The number of ether oxygens (including phenoxy) is 1. The molecule has 0 bridgehead atoms. The Kier molecular flexibility index (Phi) is 2.21. The number of fused-ring (bicyclic) bond motifs is 1. The van der Waals surface area contributed by atoms with Crippen molar-refractivity contribution in [3.63, 3.8) is 0 Å². The smallest absolute Gasteiger partial charge is 0.369 e. The number of aromatic nitrogens is 3. The maximum absolute atomic E-state index is 11.6. The Morgan fingerprint density at radius 3 is 2.83 bits per heavy atom. The summed E-state index contributed by atoms with van der Waals surface area (Å²) in [5, 5.41) is 7.94. The molecule has 0 spiro atoms. The largest absolute Gasteiger partial charge is 0.383 e. The zero-order valence-electron chi connectivity index (χ0n) is 9.18. The summed E-state index contributed by atoms with van der Waals surface area (Å²) in [6, 6.07) is 5.15. The van der Waals surface area contributed by atoms with Crippen molar-refractivity contribution in [2.24, 2.45) is 0 Å². The molecule has 18 heavy (non-hydrogen) atoms. The minimum atomic E-state index is -0.777. The molecule has 0 saturated carbocycles. The Morgan fingerprint density at radius 2 is 2.06 bits per heavy atom. The van der Waals surface area contributed by atoms with Gasteiger partial charge in [-0.3, -0.25) is 0 Å². The van der Waals surface area contributed by atoms with Crippen LogP contribution in [0.25, 0.3) is 5.69 Å². The number of cyclic esters (lactones) is 2. The molecule has 0 unspecified atom stereocenters. The summed E-state index contributed by atoms with van der Waals surface area (Å²) in [4.78, 5) is 22.8. The fourth-order valence-corrected chi connectivity index (χ4v) is 1.93. The van der Waals surface area contributed by atoms with E-state index in [1.54, 1.807) is 18.2 Å². The molecule has 0 N–H and O–H groups in total. The van der Waals surface area contributed by atoms with E-state index in [2.05, 4.69) is 15.0 Å². The van der Waals surface area contributed by atoms with Gasteiger partial charge in [0, 0.05) is 5.02 Å². The minimum absolute atomic E-state index is 0.0327. The number of hydrogen-bond acceptors (Lipinski definition) is 5. The molecule has 0 aliphatic carbocycles. The van der Waals surface area contributed by atoms with Crippen LogP contribution in [0.4, 0.5) is 0 Å². The standard InChI is InChI=1S/C11H6ClN3O3/c1-5-2-3-6(12)4-7(5)15-9-8(13-14-15)10(16)18-11(9)17/h2-4H,1H3. The highest BCUT2D eigenvalue weighted by Crippen LogP contribution is 2.24. The lowest BCUT2D eigenvalue weighted by Gasteiger charge is -2.06. The summed E-state index contributed by atoms with van der Waals surface area (Å²) < 4.78 is 5.74. The van der Waals surface area contributed by atoms with Gasteiger partial charge < -0.3 is 4.74 Å². The van der Waals surface area contributed by atoms with Gasteiger partial charge in [0.25, 0.3) is 0 Å². The van der Waals surface area contributed by atoms with Crippen LogP contribution < -0.4 is 0 Å². The van der Waals surface area contributed by atoms with Gasteiger partial charge >= 0.3 is 11.9 Å². The highest BCUT2D eigenvalue weighted by molar-refractivity contribution is 6.30. The number of nitrogens with zero attached hydrogens (tertiary/aromatic N) is 3. The summed E-state index contributed by atoms with van der Waals surface area (Å²) in [5.74, 6) is -1.53. The first-order chi connectivity index (χ1) is 8.58. The zero-order chi connectivity index (χ0) is 12.9. The minimum Gasteiger partial charge on any atom is -0.383 e. The molecule has 1 aromatic carbocycles. The molecule has 3 rings (SSSR count). The molecular formula is C11H6ClN3O3. The number of benzene rings is 1. The lowest BCUT2D eigenvalue weighted by Crippen LogP contribution is -2.09. The van der Waals surface area contributed by atoms with Gasteiger partial charge in [-0.1, -0.05) is 22.9 Å². The van der Waals surface area contributed by atoms with Crippen molar-refractivity contribution >= 4 is 23.5 Å². The Labute approximate surface area is 106 Å². The average Bonchev–Trinajstić information content (AvgIpc) is 2.86.